The Morgan fingerprint density at radius 3 is 2.50 bits per heavy atom. The first-order chi connectivity index (χ1) is 12.6. The molecule has 3 rings (SSSR count). The number of benzene rings is 2. The molecule has 26 heavy (non-hydrogen) atoms. The Morgan fingerprint density at radius 1 is 1.04 bits per heavy atom. The highest BCUT2D eigenvalue weighted by Gasteiger charge is 2.07. The highest BCUT2D eigenvalue weighted by Crippen LogP contribution is 2.22. The lowest BCUT2D eigenvalue weighted by Crippen LogP contribution is -2.26. The number of nitrogens with zero attached hydrogens (tertiary/aromatic N) is 1. The number of anilines is 2. The van der Waals surface area contributed by atoms with Gasteiger partial charge in [-0.1, -0.05) is 48.0 Å². The predicted molar refractivity (Wildman–Crippen MR) is 106 cm³/mol. The summed E-state index contributed by atoms with van der Waals surface area (Å²) in [5, 5.41) is 6.82. The van der Waals surface area contributed by atoms with Crippen LogP contribution in [0.5, 0.6) is 0 Å². The number of pyridine rings is 1. The van der Waals surface area contributed by atoms with Gasteiger partial charge in [-0.2, -0.15) is 0 Å². The molecule has 0 atom stereocenters. The average Bonchev–Trinajstić information content (AvgIpc) is 2.66. The van der Waals surface area contributed by atoms with Gasteiger partial charge in [-0.3, -0.25) is 4.79 Å². The van der Waals surface area contributed by atoms with Gasteiger partial charge in [-0.05, 0) is 48.7 Å². The fourth-order valence-electron chi connectivity index (χ4n) is 2.50. The number of hydrogen-bond acceptors (Lipinski definition) is 3. The molecule has 0 saturated heterocycles. The van der Waals surface area contributed by atoms with Crippen molar-refractivity contribution in [1.82, 2.24) is 10.3 Å². The molecule has 0 aliphatic rings. The van der Waals surface area contributed by atoms with E-state index in [-0.39, 0.29) is 5.91 Å². The van der Waals surface area contributed by atoms with Crippen LogP contribution in [-0.2, 0) is 6.42 Å². The summed E-state index contributed by atoms with van der Waals surface area (Å²) in [7, 11) is 0. The highest BCUT2D eigenvalue weighted by atomic mass is 35.5. The van der Waals surface area contributed by atoms with E-state index in [0.717, 1.165) is 23.4 Å². The van der Waals surface area contributed by atoms with Crippen LogP contribution in [-0.4, -0.2) is 17.4 Å². The zero-order chi connectivity index (χ0) is 18.4. The third-order valence-electron chi connectivity index (χ3n) is 4.00. The van der Waals surface area contributed by atoms with Crippen molar-refractivity contribution < 1.29 is 4.79 Å². The zero-order valence-electron chi connectivity index (χ0n) is 14.5. The first-order valence-corrected chi connectivity index (χ1v) is 8.81. The topological polar surface area (TPSA) is 54.0 Å². The summed E-state index contributed by atoms with van der Waals surface area (Å²) < 4.78 is 0. The minimum atomic E-state index is -0.175. The molecule has 3 aromatic rings. The standard InChI is InChI=1S/C21H20ClN3O/c1-15-7-8-17(13-19(15)22)25-18-9-10-20(24-14-18)21(26)23-12-11-16-5-3-2-4-6-16/h2-10,13-14,25H,11-12H2,1H3,(H,23,26). The van der Waals surface area contributed by atoms with Crippen LogP contribution in [0.3, 0.4) is 0 Å². The lowest BCUT2D eigenvalue weighted by atomic mass is 10.1. The van der Waals surface area contributed by atoms with Gasteiger partial charge in [0, 0.05) is 17.3 Å². The SMILES string of the molecule is Cc1ccc(Nc2ccc(C(=O)NCCc3ccccc3)nc2)cc1Cl. The van der Waals surface area contributed by atoms with E-state index in [0.29, 0.717) is 17.3 Å². The van der Waals surface area contributed by atoms with Crippen LogP contribution < -0.4 is 10.6 Å². The lowest BCUT2D eigenvalue weighted by molar-refractivity contribution is 0.0949. The monoisotopic (exact) mass is 365 g/mol. The number of rotatable bonds is 6. The van der Waals surface area contributed by atoms with Crippen LogP contribution in [0.2, 0.25) is 5.02 Å². The van der Waals surface area contributed by atoms with Crippen LogP contribution >= 0.6 is 11.6 Å². The lowest BCUT2D eigenvalue weighted by Gasteiger charge is -2.09. The maximum atomic E-state index is 12.2. The van der Waals surface area contributed by atoms with Gasteiger partial charge < -0.3 is 10.6 Å². The van der Waals surface area contributed by atoms with Crippen molar-refractivity contribution >= 4 is 28.9 Å². The molecule has 1 amide bonds. The predicted octanol–water partition coefficient (Wildman–Crippen LogP) is 4.76. The van der Waals surface area contributed by atoms with Gasteiger partial charge in [0.25, 0.3) is 5.91 Å². The summed E-state index contributed by atoms with van der Waals surface area (Å²) >= 11 is 6.13. The maximum absolute atomic E-state index is 12.2. The number of aromatic nitrogens is 1. The summed E-state index contributed by atoms with van der Waals surface area (Å²) in [4.78, 5) is 16.4. The Kier molecular flexibility index (Phi) is 5.87. The fourth-order valence-corrected chi connectivity index (χ4v) is 2.68. The van der Waals surface area contributed by atoms with Gasteiger partial charge >= 0.3 is 0 Å². The van der Waals surface area contributed by atoms with Crippen LogP contribution in [0.25, 0.3) is 0 Å². The normalized spacial score (nSPS) is 10.4. The minimum Gasteiger partial charge on any atom is -0.354 e. The van der Waals surface area contributed by atoms with E-state index in [4.69, 9.17) is 11.6 Å². The summed E-state index contributed by atoms with van der Waals surface area (Å²) in [6, 6.07) is 19.3. The molecule has 0 fully saturated rings. The molecule has 0 bridgehead atoms. The molecule has 0 radical (unpaired) electrons. The van der Waals surface area contributed by atoms with E-state index in [1.165, 1.54) is 5.56 Å². The maximum Gasteiger partial charge on any atom is 0.269 e. The van der Waals surface area contributed by atoms with E-state index < -0.39 is 0 Å². The second-order valence-corrected chi connectivity index (χ2v) is 6.42. The zero-order valence-corrected chi connectivity index (χ0v) is 15.3. The third kappa shape index (κ3) is 4.83. The molecule has 1 aromatic heterocycles. The number of nitrogens with one attached hydrogen (secondary N) is 2. The quantitative estimate of drug-likeness (QED) is 0.662. The number of aryl methyl sites for hydroxylation is 1. The van der Waals surface area contributed by atoms with E-state index in [1.807, 2.05) is 61.5 Å². The van der Waals surface area contributed by atoms with Gasteiger partial charge in [-0.15, -0.1) is 0 Å². The van der Waals surface area contributed by atoms with Gasteiger partial charge in [0.2, 0.25) is 0 Å². The van der Waals surface area contributed by atoms with E-state index in [2.05, 4.69) is 15.6 Å². The number of amides is 1. The Balaban J connectivity index is 1.54. The van der Waals surface area contributed by atoms with Gasteiger partial charge in [0.05, 0.1) is 11.9 Å². The number of halogens is 1. The molecular weight excluding hydrogens is 346 g/mol. The third-order valence-corrected chi connectivity index (χ3v) is 4.41. The second kappa shape index (κ2) is 8.50. The average molecular weight is 366 g/mol. The van der Waals surface area contributed by atoms with Crippen molar-refractivity contribution in [1.29, 1.82) is 0 Å². The molecule has 132 valence electrons. The van der Waals surface area contributed by atoms with Crippen molar-refractivity contribution in [2.75, 3.05) is 11.9 Å². The smallest absolute Gasteiger partial charge is 0.269 e. The molecule has 2 aromatic carbocycles. The summed E-state index contributed by atoms with van der Waals surface area (Å²) in [6.07, 6.45) is 2.43. The molecule has 2 N–H and O–H groups in total. The fraction of sp³-hybridized carbons (Fsp3) is 0.143. The summed E-state index contributed by atoms with van der Waals surface area (Å²) in [5.41, 5.74) is 4.29. The van der Waals surface area contributed by atoms with Gasteiger partial charge in [0.15, 0.2) is 0 Å². The first-order valence-electron chi connectivity index (χ1n) is 8.43. The van der Waals surface area contributed by atoms with E-state index >= 15 is 0 Å². The molecule has 1 heterocycles. The van der Waals surface area contributed by atoms with E-state index in [9.17, 15) is 4.79 Å². The molecule has 4 nitrogen and oxygen atoms in total. The van der Waals surface area contributed by atoms with Gasteiger partial charge in [-0.25, -0.2) is 4.98 Å². The van der Waals surface area contributed by atoms with Crippen molar-refractivity contribution in [3.63, 3.8) is 0 Å². The minimum absolute atomic E-state index is 0.175. The van der Waals surface area contributed by atoms with Crippen molar-refractivity contribution in [3.8, 4) is 0 Å². The Labute approximate surface area is 158 Å². The molecule has 0 spiro atoms. The molecule has 0 saturated carbocycles. The Bertz CT molecular complexity index is 880. The molecule has 5 heteroatoms. The van der Waals surface area contributed by atoms with E-state index in [1.54, 1.807) is 12.3 Å². The largest absolute Gasteiger partial charge is 0.354 e. The molecule has 0 aliphatic heterocycles. The number of carbonyl (C=O) groups excluding carboxylic acids is 1. The van der Waals surface area contributed by atoms with Gasteiger partial charge in [0.1, 0.15) is 5.69 Å². The Morgan fingerprint density at radius 2 is 1.81 bits per heavy atom. The van der Waals surface area contributed by atoms with Crippen molar-refractivity contribution in [3.05, 3.63) is 88.7 Å². The molecular formula is C21H20ClN3O. The molecule has 0 aliphatic carbocycles. The number of hydrogen-bond donors (Lipinski definition) is 2. The van der Waals surface area contributed by atoms with Crippen molar-refractivity contribution in [2.24, 2.45) is 0 Å². The second-order valence-electron chi connectivity index (χ2n) is 6.01. The highest BCUT2D eigenvalue weighted by molar-refractivity contribution is 6.31. The van der Waals surface area contributed by atoms with Crippen molar-refractivity contribution in [2.45, 2.75) is 13.3 Å². The number of carbonyl (C=O) groups is 1. The van der Waals surface area contributed by atoms with Crippen LogP contribution in [0.4, 0.5) is 11.4 Å². The first kappa shape index (κ1) is 18.0. The van der Waals surface area contributed by atoms with Crippen LogP contribution in [0.15, 0.2) is 66.9 Å². The Hall–Kier alpha value is -2.85. The van der Waals surface area contributed by atoms with Crippen LogP contribution in [0, 0.1) is 6.92 Å². The summed E-state index contributed by atoms with van der Waals surface area (Å²) in [5.74, 6) is -0.175. The molecule has 0 unspecified atom stereocenters. The summed E-state index contributed by atoms with van der Waals surface area (Å²) in [6.45, 7) is 2.53. The van der Waals surface area contributed by atoms with Crippen LogP contribution in [0.1, 0.15) is 21.6 Å².